The van der Waals surface area contributed by atoms with Crippen LogP contribution in [0.2, 0.25) is 0 Å². The molecule has 8 bridgehead atoms. The molecule has 0 aromatic heterocycles. The lowest BCUT2D eigenvalue weighted by molar-refractivity contribution is -0.225. The lowest BCUT2D eigenvalue weighted by Crippen LogP contribution is -2.61. The van der Waals surface area contributed by atoms with Gasteiger partial charge in [0.25, 0.3) is 0 Å². The summed E-state index contributed by atoms with van der Waals surface area (Å²) in [6.45, 7) is 20.1. The number of esters is 5. The van der Waals surface area contributed by atoms with E-state index in [0.717, 1.165) is 83.5 Å². The predicted molar refractivity (Wildman–Crippen MR) is 230 cm³/mol. The van der Waals surface area contributed by atoms with Gasteiger partial charge in [0.2, 0.25) is 6.10 Å². The largest absolute Gasteiger partial charge is 0.463 e. The van der Waals surface area contributed by atoms with Gasteiger partial charge < -0.3 is 28.8 Å². The number of rotatable bonds is 11. The number of carbonyl (C=O) groups excluding carboxylic acids is 5. The van der Waals surface area contributed by atoms with Gasteiger partial charge in [-0.05, 0) is 181 Å². The topological polar surface area (TPSA) is 152 Å². The van der Waals surface area contributed by atoms with E-state index in [-0.39, 0.29) is 40.5 Å². The highest BCUT2D eigenvalue weighted by atomic mass is 16.6. The summed E-state index contributed by atoms with van der Waals surface area (Å²) in [7, 11) is 0. The Kier molecular flexibility index (Phi) is 13.6. The van der Waals surface area contributed by atoms with Gasteiger partial charge in [-0.15, -0.1) is 0 Å². The van der Waals surface area contributed by atoms with E-state index in [2.05, 4.69) is 6.92 Å². The molecule has 0 spiro atoms. The first kappa shape index (κ1) is 47.8. The summed E-state index contributed by atoms with van der Waals surface area (Å²) in [4.78, 5) is 61.9. The van der Waals surface area contributed by atoms with Crippen molar-refractivity contribution < 1.29 is 52.8 Å². The first-order valence-electron chi connectivity index (χ1n) is 24.1. The minimum atomic E-state index is -0.775. The van der Waals surface area contributed by atoms with E-state index in [9.17, 15) is 29.1 Å². The molecule has 1 aliphatic heterocycles. The van der Waals surface area contributed by atoms with Crippen molar-refractivity contribution in [1.29, 1.82) is 0 Å². The minimum absolute atomic E-state index is 0.0330. The third-order valence-corrected chi connectivity index (χ3v) is 16.7. The molecule has 1 N–H and O–H groups in total. The van der Waals surface area contributed by atoms with Gasteiger partial charge in [-0.1, -0.05) is 27.2 Å². The molecule has 5 atom stereocenters. The molecule has 1 heterocycles. The summed E-state index contributed by atoms with van der Waals surface area (Å²) in [5, 5.41) is 10.6. The molecule has 346 valence electrons. The Balaban J connectivity index is 0.000000161. The van der Waals surface area contributed by atoms with Crippen molar-refractivity contribution in [3.05, 3.63) is 0 Å². The van der Waals surface area contributed by atoms with Crippen molar-refractivity contribution in [3.63, 3.8) is 0 Å². The zero-order valence-corrected chi connectivity index (χ0v) is 39.5. The Hall–Kier alpha value is -2.69. The maximum absolute atomic E-state index is 13.1. The Morgan fingerprint density at radius 3 is 1.48 bits per heavy atom. The van der Waals surface area contributed by atoms with E-state index < -0.39 is 39.5 Å². The molecular formula is C50H80O11. The SMILES string of the molecule is CCC(C)(C)C(=O)OC1(C)CCCCC1.CCC(C)(C)C(=O)OC12CC3CC(C1)CC(C(=O)OC1CCOC1=O)(C3)C2.CCC(C)(C)C(=O)OC12CC3CC(CC(O)(C3)C1)C2. The monoisotopic (exact) mass is 857 g/mol. The second kappa shape index (κ2) is 17.4. The fraction of sp³-hybridized carbons (Fsp3) is 0.900. The van der Waals surface area contributed by atoms with Crippen LogP contribution in [0.25, 0.3) is 0 Å². The van der Waals surface area contributed by atoms with Gasteiger partial charge in [-0.25, -0.2) is 4.79 Å². The van der Waals surface area contributed by atoms with Gasteiger partial charge in [-0.2, -0.15) is 0 Å². The Morgan fingerprint density at radius 1 is 0.639 bits per heavy atom. The molecule has 10 aliphatic rings. The molecular weight excluding hydrogens is 777 g/mol. The van der Waals surface area contributed by atoms with Crippen LogP contribution in [0.4, 0.5) is 0 Å². The van der Waals surface area contributed by atoms with Gasteiger partial charge >= 0.3 is 29.8 Å². The maximum atomic E-state index is 13.1. The molecule has 0 aromatic rings. The smallest absolute Gasteiger partial charge is 0.347 e. The summed E-state index contributed by atoms with van der Waals surface area (Å²) in [5.74, 6) is 0.852. The summed E-state index contributed by atoms with van der Waals surface area (Å²) in [6.07, 6.45) is 18.2. The molecule has 9 saturated carbocycles. The maximum Gasteiger partial charge on any atom is 0.347 e. The van der Waals surface area contributed by atoms with E-state index in [1.54, 1.807) is 0 Å². The lowest BCUT2D eigenvalue weighted by Gasteiger charge is -2.60. The van der Waals surface area contributed by atoms with E-state index in [1.165, 1.54) is 25.7 Å². The van der Waals surface area contributed by atoms with Crippen LogP contribution < -0.4 is 0 Å². The average molecular weight is 857 g/mol. The van der Waals surface area contributed by atoms with Crippen LogP contribution in [0.1, 0.15) is 204 Å². The number of aliphatic hydroxyl groups is 1. The van der Waals surface area contributed by atoms with Crippen LogP contribution >= 0.6 is 0 Å². The standard InChI is InChI=1S/C21H30O6.C16H26O3.C13H24O2/c1-4-19(2,3)17(23)27-21-10-13-7-14(11-21)9-20(8-13,12-21)18(24)26-15-5-6-25-16(15)22;1-4-14(2,3)13(17)19-16-8-11-5-12(9-16)7-15(18,6-11)10-16;1-5-12(2,3)11(14)15-13(4)9-7-6-8-10-13/h13-15H,4-12H2,1-3H3;11-12,18H,4-10H2,1-3H3;5-10H2,1-4H3. The second-order valence-electron chi connectivity index (χ2n) is 23.5. The van der Waals surface area contributed by atoms with Crippen LogP contribution in [0.5, 0.6) is 0 Å². The molecule has 0 amide bonds. The summed E-state index contributed by atoms with van der Waals surface area (Å²) < 4.78 is 28.3. The number of ether oxygens (including phenoxy) is 5. The van der Waals surface area contributed by atoms with Crippen LogP contribution in [-0.4, -0.2) is 70.1 Å². The highest BCUT2D eigenvalue weighted by molar-refractivity contribution is 5.84. The molecule has 0 aromatic carbocycles. The van der Waals surface area contributed by atoms with E-state index >= 15 is 0 Å². The fourth-order valence-electron chi connectivity index (χ4n) is 12.5. The fourth-order valence-corrected chi connectivity index (χ4v) is 12.5. The highest BCUT2D eigenvalue weighted by Gasteiger charge is 2.64. The molecule has 5 unspecified atom stereocenters. The molecule has 9 aliphatic carbocycles. The molecule has 1 saturated heterocycles. The molecule has 10 rings (SSSR count). The average Bonchev–Trinajstić information content (AvgIpc) is 3.56. The van der Waals surface area contributed by atoms with E-state index in [1.807, 2.05) is 62.3 Å². The van der Waals surface area contributed by atoms with Crippen molar-refractivity contribution in [2.24, 2.45) is 45.3 Å². The lowest BCUT2D eigenvalue weighted by atomic mass is 9.48. The highest BCUT2D eigenvalue weighted by Crippen LogP contribution is 2.64. The Labute approximate surface area is 366 Å². The number of hydrogen-bond acceptors (Lipinski definition) is 11. The van der Waals surface area contributed by atoms with Crippen molar-refractivity contribution in [2.75, 3.05) is 6.61 Å². The quantitative estimate of drug-likeness (QED) is 0.156. The zero-order valence-electron chi connectivity index (χ0n) is 39.5. The van der Waals surface area contributed by atoms with Crippen LogP contribution in [0, 0.1) is 45.3 Å². The van der Waals surface area contributed by atoms with Crippen molar-refractivity contribution >= 4 is 29.8 Å². The second-order valence-corrected chi connectivity index (χ2v) is 23.5. The van der Waals surface area contributed by atoms with Crippen molar-refractivity contribution in [1.82, 2.24) is 0 Å². The minimum Gasteiger partial charge on any atom is -0.463 e. The van der Waals surface area contributed by atoms with Gasteiger partial charge in [0, 0.05) is 19.3 Å². The molecule has 0 radical (unpaired) electrons. The van der Waals surface area contributed by atoms with E-state index in [0.29, 0.717) is 56.0 Å². The normalized spacial score (nSPS) is 36.7. The molecule has 10 fully saturated rings. The first-order valence-corrected chi connectivity index (χ1v) is 24.1. The van der Waals surface area contributed by atoms with Gasteiger partial charge in [0.15, 0.2) is 0 Å². The zero-order chi connectivity index (χ0) is 44.9. The number of cyclic esters (lactones) is 1. The first-order chi connectivity index (χ1) is 28.3. The third-order valence-electron chi connectivity index (χ3n) is 16.7. The summed E-state index contributed by atoms with van der Waals surface area (Å²) in [5.41, 5.74) is -3.55. The van der Waals surface area contributed by atoms with E-state index in [4.69, 9.17) is 23.7 Å². The molecule has 11 nitrogen and oxygen atoms in total. The predicted octanol–water partition coefficient (Wildman–Crippen LogP) is 9.90. The van der Waals surface area contributed by atoms with Gasteiger partial charge in [-0.3, -0.25) is 19.2 Å². The summed E-state index contributed by atoms with van der Waals surface area (Å²) >= 11 is 0. The summed E-state index contributed by atoms with van der Waals surface area (Å²) in [6, 6.07) is 0. The third kappa shape index (κ3) is 10.5. The van der Waals surface area contributed by atoms with Crippen molar-refractivity contribution in [3.8, 4) is 0 Å². The van der Waals surface area contributed by atoms with Crippen LogP contribution in [-0.2, 0) is 47.7 Å². The van der Waals surface area contributed by atoms with Gasteiger partial charge in [0.05, 0.1) is 33.9 Å². The van der Waals surface area contributed by atoms with Crippen LogP contribution in [0.3, 0.4) is 0 Å². The Morgan fingerprint density at radius 2 is 1.07 bits per heavy atom. The molecule has 11 heteroatoms. The Bertz CT molecular complexity index is 1620. The van der Waals surface area contributed by atoms with Crippen LogP contribution in [0.15, 0.2) is 0 Å². The molecule has 61 heavy (non-hydrogen) atoms. The van der Waals surface area contributed by atoms with Crippen molar-refractivity contribution in [2.45, 2.75) is 233 Å². The van der Waals surface area contributed by atoms with Gasteiger partial charge in [0.1, 0.15) is 16.8 Å². The number of hydrogen-bond donors (Lipinski definition) is 1. The number of carbonyl (C=O) groups is 5.